The lowest BCUT2D eigenvalue weighted by Gasteiger charge is -2.09. The third-order valence-corrected chi connectivity index (χ3v) is 3.74. The summed E-state index contributed by atoms with van der Waals surface area (Å²) in [5.74, 6) is -3.09. The Morgan fingerprint density at radius 3 is 2.55 bits per heavy atom. The SMILES string of the molecule is Nc1cc(F)c(F)c(S(=O)(=O)Nc2cc(Cl)ncn2)c1. The van der Waals surface area contributed by atoms with Crippen LogP contribution in [-0.2, 0) is 10.0 Å². The molecule has 1 aromatic heterocycles. The minimum absolute atomic E-state index is 0.0167. The third kappa shape index (κ3) is 2.94. The Hall–Kier alpha value is -2.00. The number of benzene rings is 1. The van der Waals surface area contributed by atoms with Gasteiger partial charge < -0.3 is 5.73 Å². The quantitative estimate of drug-likeness (QED) is 0.663. The standard InChI is InChI=1S/C10H7ClF2N4O2S/c11-8-3-9(16-4-15-8)17-20(18,19)7-2-5(14)1-6(12)10(7)13/h1-4H,14H2,(H,15,16,17). The van der Waals surface area contributed by atoms with Gasteiger partial charge in [0, 0.05) is 11.8 Å². The molecular formula is C10H7ClF2N4O2S. The van der Waals surface area contributed by atoms with Crippen molar-refractivity contribution in [2.24, 2.45) is 0 Å². The van der Waals surface area contributed by atoms with E-state index in [-0.39, 0.29) is 16.7 Å². The number of aromatic nitrogens is 2. The van der Waals surface area contributed by atoms with Crippen molar-refractivity contribution in [3.05, 3.63) is 41.3 Å². The topological polar surface area (TPSA) is 98.0 Å². The lowest BCUT2D eigenvalue weighted by Crippen LogP contribution is -2.16. The second-order valence-corrected chi connectivity index (χ2v) is 5.68. The fraction of sp³-hybridized carbons (Fsp3) is 0. The molecule has 0 fully saturated rings. The number of nitrogens with zero attached hydrogens (tertiary/aromatic N) is 2. The lowest BCUT2D eigenvalue weighted by atomic mass is 10.3. The van der Waals surface area contributed by atoms with Gasteiger partial charge in [-0.15, -0.1) is 0 Å². The molecule has 0 atom stereocenters. The van der Waals surface area contributed by atoms with E-state index in [4.69, 9.17) is 17.3 Å². The molecule has 0 radical (unpaired) electrons. The zero-order valence-corrected chi connectivity index (χ0v) is 11.2. The Labute approximate surface area is 117 Å². The number of nitrogens with one attached hydrogen (secondary N) is 1. The van der Waals surface area contributed by atoms with Crippen molar-refractivity contribution in [2.75, 3.05) is 10.5 Å². The zero-order valence-electron chi connectivity index (χ0n) is 9.64. The van der Waals surface area contributed by atoms with Crippen molar-refractivity contribution >= 4 is 33.1 Å². The van der Waals surface area contributed by atoms with E-state index in [1.807, 2.05) is 4.72 Å². The normalized spacial score (nSPS) is 11.3. The van der Waals surface area contributed by atoms with Gasteiger partial charge in [0.15, 0.2) is 11.6 Å². The van der Waals surface area contributed by atoms with Crippen LogP contribution in [0.4, 0.5) is 20.3 Å². The number of hydrogen-bond acceptors (Lipinski definition) is 5. The van der Waals surface area contributed by atoms with Crippen molar-refractivity contribution < 1.29 is 17.2 Å². The van der Waals surface area contributed by atoms with Crippen molar-refractivity contribution in [3.8, 4) is 0 Å². The summed E-state index contributed by atoms with van der Waals surface area (Å²) in [6.07, 6.45) is 1.01. The van der Waals surface area contributed by atoms with Gasteiger partial charge in [0.1, 0.15) is 22.2 Å². The van der Waals surface area contributed by atoms with Crippen LogP contribution in [0.1, 0.15) is 0 Å². The number of sulfonamides is 1. The summed E-state index contributed by atoms with van der Waals surface area (Å²) in [7, 11) is -4.40. The predicted molar refractivity (Wildman–Crippen MR) is 68.6 cm³/mol. The number of hydrogen-bond donors (Lipinski definition) is 2. The second kappa shape index (κ2) is 5.17. The average molecular weight is 321 g/mol. The average Bonchev–Trinajstić information content (AvgIpc) is 2.33. The Morgan fingerprint density at radius 1 is 1.20 bits per heavy atom. The molecule has 0 bridgehead atoms. The van der Waals surface area contributed by atoms with E-state index in [2.05, 4.69) is 9.97 Å². The van der Waals surface area contributed by atoms with Crippen LogP contribution in [-0.4, -0.2) is 18.4 Å². The summed E-state index contributed by atoms with van der Waals surface area (Å²) in [6, 6.07) is 2.58. The first-order valence-corrected chi connectivity index (χ1v) is 6.90. The van der Waals surface area contributed by atoms with Crippen molar-refractivity contribution in [1.82, 2.24) is 9.97 Å². The summed E-state index contributed by atoms with van der Waals surface area (Å²) in [6.45, 7) is 0. The summed E-state index contributed by atoms with van der Waals surface area (Å²) in [5, 5.41) is -0.0167. The highest BCUT2D eigenvalue weighted by Crippen LogP contribution is 2.23. The Morgan fingerprint density at radius 2 is 1.90 bits per heavy atom. The van der Waals surface area contributed by atoms with Gasteiger partial charge in [0.05, 0.1) is 0 Å². The molecule has 2 aromatic rings. The Bertz CT molecular complexity index is 770. The highest BCUT2D eigenvalue weighted by molar-refractivity contribution is 7.92. The number of nitrogens with two attached hydrogens (primary N) is 1. The molecule has 0 aliphatic carbocycles. The van der Waals surface area contributed by atoms with Gasteiger partial charge in [-0.25, -0.2) is 27.2 Å². The minimum atomic E-state index is -4.40. The van der Waals surface area contributed by atoms with E-state index in [0.29, 0.717) is 6.07 Å². The van der Waals surface area contributed by atoms with Crippen molar-refractivity contribution in [1.29, 1.82) is 0 Å². The van der Waals surface area contributed by atoms with Crippen LogP contribution in [0, 0.1) is 11.6 Å². The van der Waals surface area contributed by atoms with Gasteiger partial charge in [0.25, 0.3) is 10.0 Å². The van der Waals surface area contributed by atoms with Gasteiger partial charge >= 0.3 is 0 Å². The van der Waals surface area contributed by atoms with Gasteiger partial charge in [-0.1, -0.05) is 11.6 Å². The first-order valence-electron chi connectivity index (χ1n) is 5.04. The molecule has 0 spiro atoms. The Balaban J connectivity index is 2.46. The smallest absolute Gasteiger partial charge is 0.266 e. The molecule has 10 heteroatoms. The molecule has 0 amide bonds. The van der Waals surface area contributed by atoms with Crippen LogP contribution in [0.25, 0.3) is 0 Å². The summed E-state index contributed by atoms with van der Waals surface area (Å²) in [4.78, 5) is 6.22. The fourth-order valence-corrected chi connectivity index (χ4v) is 2.63. The van der Waals surface area contributed by atoms with Crippen LogP contribution < -0.4 is 10.5 Å². The van der Waals surface area contributed by atoms with Gasteiger partial charge in [0.2, 0.25) is 0 Å². The largest absolute Gasteiger partial charge is 0.399 e. The Kier molecular flexibility index (Phi) is 3.73. The molecular weight excluding hydrogens is 314 g/mol. The van der Waals surface area contributed by atoms with E-state index in [1.54, 1.807) is 0 Å². The van der Waals surface area contributed by atoms with Gasteiger partial charge in [-0.2, -0.15) is 0 Å². The molecule has 0 aliphatic rings. The molecule has 0 saturated heterocycles. The molecule has 2 rings (SSSR count). The third-order valence-electron chi connectivity index (χ3n) is 2.18. The van der Waals surface area contributed by atoms with E-state index >= 15 is 0 Å². The molecule has 6 nitrogen and oxygen atoms in total. The van der Waals surface area contributed by atoms with Gasteiger partial charge in [-0.05, 0) is 12.1 Å². The second-order valence-electron chi connectivity index (χ2n) is 3.65. The maximum Gasteiger partial charge on any atom is 0.266 e. The van der Waals surface area contributed by atoms with Crippen LogP contribution in [0.5, 0.6) is 0 Å². The first kappa shape index (κ1) is 14.4. The number of anilines is 2. The minimum Gasteiger partial charge on any atom is -0.399 e. The maximum absolute atomic E-state index is 13.6. The molecule has 0 unspecified atom stereocenters. The van der Waals surface area contributed by atoms with E-state index in [1.165, 1.54) is 0 Å². The first-order chi connectivity index (χ1) is 9.29. The van der Waals surface area contributed by atoms with Crippen LogP contribution in [0.2, 0.25) is 5.15 Å². The fourth-order valence-electron chi connectivity index (χ4n) is 1.36. The summed E-state index contributed by atoms with van der Waals surface area (Å²) >= 11 is 5.56. The number of rotatable bonds is 3. The predicted octanol–water partition coefficient (Wildman–Crippen LogP) is 1.79. The summed E-state index contributed by atoms with van der Waals surface area (Å²) in [5.41, 5.74) is 5.07. The van der Waals surface area contributed by atoms with Crippen LogP contribution in [0.15, 0.2) is 29.4 Å². The molecule has 106 valence electrons. The number of nitrogen functional groups attached to an aromatic ring is 1. The molecule has 20 heavy (non-hydrogen) atoms. The lowest BCUT2D eigenvalue weighted by molar-refractivity contribution is 0.486. The van der Waals surface area contributed by atoms with Crippen LogP contribution >= 0.6 is 11.6 Å². The summed E-state index contributed by atoms with van der Waals surface area (Å²) < 4.78 is 52.6. The van der Waals surface area contributed by atoms with Gasteiger partial charge in [-0.3, -0.25) is 4.72 Å². The monoisotopic (exact) mass is 320 g/mol. The molecule has 0 saturated carbocycles. The van der Waals surface area contributed by atoms with Crippen molar-refractivity contribution in [3.63, 3.8) is 0 Å². The molecule has 0 aliphatic heterocycles. The molecule has 1 heterocycles. The highest BCUT2D eigenvalue weighted by atomic mass is 35.5. The molecule has 1 aromatic carbocycles. The number of halogens is 3. The van der Waals surface area contributed by atoms with E-state index in [9.17, 15) is 17.2 Å². The van der Waals surface area contributed by atoms with Crippen molar-refractivity contribution in [2.45, 2.75) is 4.90 Å². The zero-order chi connectivity index (χ0) is 14.9. The maximum atomic E-state index is 13.6. The highest BCUT2D eigenvalue weighted by Gasteiger charge is 2.23. The van der Waals surface area contributed by atoms with E-state index in [0.717, 1.165) is 18.5 Å². The van der Waals surface area contributed by atoms with Crippen LogP contribution in [0.3, 0.4) is 0 Å². The molecule has 3 N–H and O–H groups in total. The van der Waals surface area contributed by atoms with E-state index < -0.39 is 26.6 Å².